The van der Waals surface area contributed by atoms with Gasteiger partial charge in [0, 0.05) is 6.54 Å². The molecule has 0 bridgehead atoms. The molecule has 14 heavy (non-hydrogen) atoms. The van der Waals surface area contributed by atoms with Crippen molar-refractivity contribution >= 4 is 38.3 Å². The van der Waals surface area contributed by atoms with Crippen molar-refractivity contribution in [2.75, 3.05) is 11.9 Å². The van der Waals surface area contributed by atoms with E-state index in [0.717, 1.165) is 8.79 Å². The Morgan fingerprint density at radius 1 is 1.71 bits per heavy atom. The lowest BCUT2D eigenvalue weighted by Crippen LogP contribution is -2.33. The molecule has 0 aliphatic rings. The van der Waals surface area contributed by atoms with Crippen LogP contribution >= 0.6 is 27.3 Å². The number of carbonyl (C=O) groups excluding carboxylic acids is 1. The third kappa shape index (κ3) is 4.08. The number of aliphatic hydroxyl groups excluding tert-OH is 1. The highest BCUT2D eigenvalue weighted by Crippen LogP contribution is 2.26. The Balaban J connectivity index is 2.34. The van der Waals surface area contributed by atoms with Crippen LogP contribution in [0.5, 0.6) is 0 Å². The van der Waals surface area contributed by atoms with E-state index in [1.165, 1.54) is 11.3 Å². The first-order valence-corrected chi connectivity index (χ1v) is 5.67. The third-order valence-electron chi connectivity index (χ3n) is 1.37. The van der Waals surface area contributed by atoms with Gasteiger partial charge >= 0.3 is 6.03 Å². The minimum atomic E-state index is -0.532. The molecule has 0 fully saturated rings. The van der Waals surface area contributed by atoms with Crippen LogP contribution in [0.15, 0.2) is 15.9 Å². The maximum Gasteiger partial charge on any atom is 0.319 e. The molecule has 1 aromatic rings. The normalized spacial score (nSPS) is 12.2. The highest BCUT2D eigenvalue weighted by atomic mass is 79.9. The zero-order chi connectivity index (χ0) is 10.6. The monoisotopic (exact) mass is 278 g/mol. The molecular weight excluding hydrogens is 268 g/mol. The second-order valence-electron chi connectivity index (χ2n) is 2.79. The van der Waals surface area contributed by atoms with Crippen LogP contribution in [0.4, 0.5) is 9.80 Å². The highest BCUT2D eigenvalue weighted by molar-refractivity contribution is 9.11. The summed E-state index contributed by atoms with van der Waals surface area (Å²) in [5.74, 6) is 0. The van der Waals surface area contributed by atoms with E-state index in [2.05, 4.69) is 26.6 Å². The SMILES string of the molecule is CC(O)CNC(=O)Nc1ccc(Br)s1. The maximum atomic E-state index is 11.2. The molecule has 3 N–H and O–H groups in total. The molecule has 78 valence electrons. The highest BCUT2D eigenvalue weighted by Gasteiger charge is 2.04. The predicted octanol–water partition coefficient (Wildman–Crippen LogP) is 2.01. The van der Waals surface area contributed by atoms with Crippen LogP contribution in [0.2, 0.25) is 0 Å². The summed E-state index contributed by atoms with van der Waals surface area (Å²) >= 11 is 4.72. The number of nitrogens with one attached hydrogen (secondary N) is 2. The van der Waals surface area contributed by atoms with E-state index in [9.17, 15) is 4.79 Å². The van der Waals surface area contributed by atoms with Gasteiger partial charge in [-0.3, -0.25) is 5.32 Å². The van der Waals surface area contributed by atoms with E-state index in [4.69, 9.17) is 5.11 Å². The molecule has 2 amide bonds. The van der Waals surface area contributed by atoms with Gasteiger partial charge in [-0.2, -0.15) is 0 Å². The minimum absolute atomic E-state index is 0.248. The summed E-state index contributed by atoms with van der Waals surface area (Å²) in [4.78, 5) is 11.2. The van der Waals surface area contributed by atoms with Gasteiger partial charge in [0.05, 0.1) is 14.9 Å². The first-order valence-electron chi connectivity index (χ1n) is 4.06. The van der Waals surface area contributed by atoms with E-state index in [1.807, 2.05) is 6.07 Å². The summed E-state index contributed by atoms with van der Waals surface area (Å²) in [6, 6.07) is 3.35. The number of amides is 2. The van der Waals surface area contributed by atoms with Crippen LogP contribution in [0, 0.1) is 0 Å². The maximum absolute atomic E-state index is 11.2. The van der Waals surface area contributed by atoms with E-state index >= 15 is 0 Å². The fourth-order valence-electron chi connectivity index (χ4n) is 0.778. The van der Waals surface area contributed by atoms with Crippen molar-refractivity contribution in [1.82, 2.24) is 5.32 Å². The first kappa shape index (κ1) is 11.5. The van der Waals surface area contributed by atoms with Gasteiger partial charge in [0.2, 0.25) is 0 Å². The summed E-state index contributed by atoms with van der Waals surface area (Å²) in [6.07, 6.45) is -0.532. The number of carbonyl (C=O) groups is 1. The molecule has 0 saturated heterocycles. The number of thiophene rings is 1. The van der Waals surface area contributed by atoms with Gasteiger partial charge in [0.25, 0.3) is 0 Å². The molecule has 1 aromatic heterocycles. The smallest absolute Gasteiger partial charge is 0.319 e. The summed E-state index contributed by atoms with van der Waals surface area (Å²) in [5.41, 5.74) is 0. The van der Waals surface area contributed by atoms with Crippen LogP contribution in [0.1, 0.15) is 6.92 Å². The molecule has 0 saturated carbocycles. The molecule has 1 rings (SSSR count). The number of hydrogen-bond acceptors (Lipinski definition) is 3. The van der Waals surface area contributed by atoms with Crippen molar-refractivity contribution in [1.29, 1.82) is 0 Å². The van der Waals surface area contributed by atoms with Gasteiger partial charge in [-0.05, 0) is 35.0 Å². The lowest BCUT2D eigenvalue weighted by molar-refractivity contribution is 0.190. The topological polar surface area (TPSA) is 61.4 Å². The largest absolute Gasteiger partial charge is 0.392 e. The molecule has 1 unspecified atom stereocenters. The number of aliphatic hydroxyl groups is 1. The number of rotatable bonds is 3. The van der Waals surface area contributed by atoms with Crippen LogP contribution in [0.3, 0.4) is 0 Å². The molecule has 0 radical (unpaired) electrons. The van der Waals surface area contributed by atoms with Crippen molar-refractivity contribution < 1.29 is 9.90 Å². The third-order valence-corrected chi connectivity index (χ3v) is 2.91. The molecule has 0 spiro atoms. The van der Waals surface area contributed by atoms with Gasteiger partial charge in [-0.15, -0.1) is 11.3 Å². The van der Waals surface area contributed by atoms with Crippen molar-refractivity contribution in [2.24, 2.45) is 0 Å². The first-order chi connectivity index (χ1) is 6.58. The van der Waals surface area contributed by atoms with Crippen LogP contribution in [-0.2, 0) is 0 Å². The second kappa shape index (κ2) is 5.33. The van der Waals surface area contributed by atoms with Crippen molar-refractivity contribution in [3.8, 4) is 0 Å². The van der Waals surface area contributed by atoms with Gasteiger partial charge in [-0.1, -0.05) is 0 Å². The summed E-state index contributed by atoms with van der Waals surface area (Å²) in [5, 5.41) is 14.9. The molecule has 1 atom stereocenters. The quantitative estimate of drug-likeness (QED) is 0.792. The molecule has 0 aliphatic carbocycles. The molecule has 1 heterocycles. The van der Waals surface area contributed by atoms with Gasteiger partial charge < -0.3 is 10.4 Å². The van der Waals surface area contributed by atoms with Gasteiger partial charge in [0.15, 0.2) is 0 Å². The number of urea groups is 1. The van der Waals surface area contributed by atoms with Crippen LogP contribution in [0.25, 0.3) is 0 Å². The fourth-order valence-corrected chi connectivity index (χ4v) is 2.06. The number of hydrogen-bond donors (Lipinski definition) is 3. The lowest BCUT2D eigenvalue weighted by Gasteiger charge is -2.06. The standard InChI is InChI=1S/C8H11BrN2O2S/c1-5(12)4-10-8(13)11-7-3-2-6(9)14-7/h2-3,5,12H,4H2,1H3,(H2,10,11,13). The molecule has 0 aromatic carbocycles. The summed E-state index contributed by atoms with van der Waals surface area (Å²) in [6.45, 7) is 1.86. The van der Waals surface area contributed by atoms with E-state index in [0.29, 0.717) is 0 Å². The molecule has 0 aliphatic heterocycles. The lowest BCUT2D eigenvalue weighted by atomic mass is 10.4. The summed E-state index contributed by atoms with van der Waals surface area (Å²) in [7, 11) is 0. The number of anilines is 1. The average molecular weight is 279 g/mol. The Morgan fingerprint density at radius 3 is 2.93 bits per heavy atom. The fraction of sp³-hybridized carbons (Fsp3) is 0.375. The Kier molecular flexibility index (Phi) is 4.37. The zero-order valence-corrected chi connectivity index (χ0v) is 9.98. The van der Waals surface area contributed by atoms with Crippen molar-refractivity contribution in [2.45, 2.75) is 13.0 Å². The Morgan fingerprint density at radius 2 is 2.43 bits per heavy atom. The average Bonchev–Trinajstić information content (AvgIpc) is 2.48. The minimum Gasteiger partial charge on any atom is -0.392 e. The van der Waals surface area contributed by atoms with Gasteiger partial charge in [-0.25, -0.2) is 4.79 Å². The van der Waals surface area contributed by atoms with Gasteiger partial charge in [0.1, 0.15) is 0 Å². The summed E-state index contributed by atoms with van der Waals surface area (Å²) < 4.78 is 0.961. The van der Waals surface area contributed by atoms with Crippen LogP contribution in [-0.4, -0.2) is 23.8 Å². The Labute approximate surface area is 94.5 Å². The number of halogens is 1. The van der Waals surface area contributed by atoms with Crippen molar-refractivity contribution in [3.63, 3.8) is 0 Å². The second-order valence-corrected chi connectivity index (χ2v) is 5.25. The predicted molar refractivity (Wildman–Crippen MR) is 60.7 cm³/mol. The van der Waals surface area contributed by atoms with E-state index in [-0.39, 0.29) is 12.6 Å². The van der Waals surface area contributed by atoms with E-state index in [1.54, 1.807) is 13.0 Å². The molecule has 4 nitrogen and oxygen atoms in total. The Bertz CT molecular complexity index is 314. The van der Waals surface area contributed by atoms with Crippen LogP contribution < -0.4 is 10.6 Å². The van der Waals surface area contributed by atoms with Crippen molar-refractivity contribution in [3.05, 3.63) is 15.9 Å². The van der Waals surface area contributed by atoms with E-state index < -0.39 is 6.10 Å². The molecule has 6 heteroatoms. The zero-order valence-electron chi connectivity index (χ0n) is 7.58. The Hall–Kier alpha value is -0.590. The molecular formula is C8H11BrN2O2S.